The quantitative estimate of drug-likeness (QED) is 0.838. The molecular weight excluding hydrogens is 273 g/mol. The predicted molar refractivity (Wildman–Crippen MR) is 76.3 cm³/mol. The van der Waals surface area contributed by atoms with Crippen LogP contribution in [0, 0.1) is 17.7 Å². The van der Waals surface area contributed by atoms with Gasteiger partial charge in [-0.05, 0) is 31.0 Å². The van der Waals surface area contributed by atoms with Crippen LogP contribution in [0.4, 0.5) is 4.39 Å². The molecule has 1 unspecified atom stereocenters. The lowest BCUT2D eigenvalue weighted by Crippen LogP contribution is -2.43. The molecule has 1 saturated heterocycles. The standard InChI is InChI=1S/C16H18FNO3/c1-21-14-5-2-8-18(11-14)16(20)15-10-13(17)7-6-12(15)4-3-9-19/h6-7,10,14,19H,2,5,8-9,11H2,1H3. The van der Waals surface area contributed by atoms with Crippen LogP contribution >= 0.6 is 0 Å². The fourth-order valence-electron chi connectivity index (χ4n) is 2.42. The van der Waals surface area contributed by atoms with Gasteiger partial charge in [0.2, 0.25) is 0 Å². The first-order chi connectivity index (χ1) is 10.2. The zero-order chi connectivity index (χ0) is 15.2. The highest BCUT2D eigenvalue weighted by molar-refractivity contribution is 5.96. The molecule has 1 amide bonds. The molecule has 1 N–H and O–H groups in total. The summed E-state index contributed by atoms with van der Waals surface area (Å²) in [6, 6.07) is 3.91. The van der Waals surface area contributed by atoms with Gasteiger partial charge >= 0.3 is 0 Å². The smallest absolute Gasteiger partial charge is 0.255 e. The van der Waals surface area contributed by atoms with Gasteiger partial charge < -0.3 is 14.7 Å². The fourth-order valence-corrected chi connectivity index (χ4v) is 2.42. The van der Waals surface area contributed by atoms with Gasteiger partial charge in [-0.2, -0.15) is 0 Å². The summed E-state index contributed by atoms with van der Waals surface area (Å²) < 4.78 is 18.7. The van der Waals surface area contributed by atoms with Gasteiger partial charge in [0.1, 0.15) is 12.4 Å². The number of benzene rings is 1. The molecule has 21 heavy (non-hydrogen) atoms. The Morgan fingerprint density at radius 1 is 1.57 bits per heavy atom. The predicted octanol–water partition coefficient (Wildman–Crippen LogP) is 1.42. The lowest BCUT2D eigenvalue weighted by molar-refractivity contribution is 0.0268. The number of hydrogen-bond donors (Lipinski definition) is 1. The molecule has 0 aromatic heterocycles. The highest BCUT2D eigenvalue weighted by Gasteiger charge is 2.25. The Morgan fingerprint density at radius 2 is 2.38 bits per heavy atom. The minimum atomic E-state index is -0.479. The summed E-state index contributed by atoms with van der Waals surface area (Å²) in [5.41, 5.74) is 0.655. The number of likely N-dealkylation sites (tertiary alicyclic amines) is 1. The van der Waals surface area contributed by atoms with Gasteiger partial charge in [-0.3, -0.25) is 4.79 Å². The summed E-state index contributed by atoms with van der Waals surface area (Å²) in [4.78, 5) is 14.2. The van der Waals surface area contributed by atoms with E-state index < -0.39 is 5.82 Å². The second-order valence-corrected chi connectivity index (χ2v) is 4.90. The average Bonchev–Trinajstić information content (AvgIpc) is 2.53. The summed E-state index contributed by atoms with van der Waals surface area (Å²) in [5, 5.41) is 8.77. The highest BCUT2D eigenvalue weighted by Crippen LogP contribution is 2.18. The van der Waals surface area contributed by atoms with Crippen molar-refractivity contribution in [2.75, 3.05) is 26.8 Å². The molecule has 4 nitrogen and oxygen atoms in total. The second-order valence-electron chi connectivity index (χ2n) is 4.90. The number of aliphatic hydroxyl groups excluding tert-OH is 1. The Hall–Kier alpha value is -1.90. The van der Waals surface area contributed by atoms with Gasteiger partial charge in [-0.25, -0.2) is 4.39 Å². The lowest BCUT2D eigenvalue weighted by atomic mass is 10.0. The first kappa shape index (κ1) is 15.5. The number of ether oxygens (including phenoxy) is 1. The van der Waals surface area contributed by atoms with Crippen molar-refractivity contribution >= 4 is 5.91 Å². The third kappa shape index (κ3) is 3.81. The van der Waals surface area contributed by atoms with Gasteiger partial charge in [0.25, 0.3) is 5.91 Å². The Labute approximate surface area is 123 Å². The van der Waals surface area contributed by atoms with E-state index in [-0.39, 0.29) is 24.2 Å². The molecule has 1 aliphatic heterocycles. The SMILES string of the molecule is COC1CCCN(C(=O)c2cc(F)ccc2C#CCO)C1. The molecule has 1 aromatic rings. The summed E-state index contributed by atoms with van der Waals surface area (Å²) in [5.74, 6) is 4.45. The van der Waals surface area contributed by atoms with Gasteiger partial charge in [-0.1, -0.05) is 11.8 Å². The molecule has 5 heteroatoms. The maximum Gasteiger partial charge on any atom is 0.255 e. The van der Waals surface area contributed by atoms with Gasteiger partial charge in [0, 0.05) is 25.8 Å². The number of nitrogens with zero attached hydrogens (tertiary/aromatic N) is 1. The van der Waals surface area contributed by atoms with Crippen molar-refractivity contribution in [2.45, 2.75) is 18.9 Å². The summed E-state index contributed by atoms with van der Waals surface area (Å²) in [6.45, 7) is 0.821. The van der Waals surface area contributed by atoms with E-state index in [0.717, 1.165) is 12.8 Å². The summed E-state index contributed by atoms with van der Waals surface area (Å²) in [6.07, 6.45) is 1.79. The number of amides is 1. The van der Waals surface area contributed by atoms with Crippen LogP contribution in [0.3, 0.4) is 0 Å². The molecule has 0 saturated carbocycles. The third-order valence-corrected chi connectivity index (χ3v) is 3.51. The Bertz CT molecular complexity index is 577. The number of carbonyl (C=O) groups excluding carboxylic acids is 1. The minimum Gasteiger partial charge on any atom is -0.384 e. The molecule has 2 rings (SSSR count). The largest absolute Gasteiger partial charge is 0.384 e. The van der Waals surface area contributed by atoms with E-state index in [1.165, 1.54) is 18.2 Å². The van der Waals surface area contributed by atoms with Crippen LogP contribution in [0.1, 0.15) is 28.8 Å². The Balaban J connectivity index is 2.27. The van der Waals surface area contributed by atoms with Crippen molar-refractivity contribution in [3.63, 3.8) is 0 Å². The maximum absolute atomic E-state index is 13.4. The first-order valence-corrected chi connectivity index (χ1v) is 6.87. The number of carbonyl (C=O) groups is 1. The van der Waals surface area contributed by atoms with Crippen LogP contribution in [0.15, 0.2) is 18.2 Å². The van der Waals surface area contributed by atoms with Crippen molar-refractivity contribution < 1.29 is 19.0 Å². The molecule has 1 fully saturated rings. The van der Waals surface area contributed by atoms with Gasteiger partial charge in [0.15, 0.2) is 0 Å². The van der Waals surface area contributed by atoms with E-state index in [1.54, 1.807) is 12.0 Å². The molecule has 1 heterocycles. The number of aliphatic hydroxyl groups is 1. The van der Waals surface area contributed by atoms with Crippen LogP contribution in [-0.4, -0.2) is 48.8 Å². The van der Waals surface area contributed by atoms with Crippen molar-refractivity contribution in [1.82, 2.24) is 4.90 Å². The van der Waals surface area contributed by atoms with E-state index in [2.05, 4.69) is 11.8 Å². The van der Waals surface area contributed by atoms with Crippen LogP contribution in [0.2, 0.25) is 0 Å². The molecular formula is C16H18FNO3. The average molecular weight is 291 g/mol. The van der Waals surface area contributed by atoms with Crippen molar-refractivity contribution in [2.24, 2.45) is 0 Å². The van der Waals surface area contributed by atoms with E-state index >= 15 is 0 Å². The number of halogens is 1. The number of rotatable bonds is 2. The number of methoxy groups -OCH3 is 1. The molecule has 1 aliphatic rings. The second kappa shape index (κ2) is 7.21. The van der Waals surface area contributed by atoms with Crippen LogP contribution < -0.4 is 0 Å². The fraction of sp³-hybridized carbons (Fsp3) is 0.438. The van der Waals surface area contributed by atoms with Gasteiger partial charge in [0.05, 0.1) is 11.7 Å². The zero-order valence-corrected chi connectivity index (χ0v) is 11.9. The zero-order valence-electron chi connectivity index (χ0n) is 11.9. The molecule has 0 aliphatic carbocycles. The monoisotopic (exact) mass is 291 g/mol. The van der Waals surface area contributed by atoms with Crippen molar-refractivity contribution in [3.8, 4) is 11.8 Å². The number of hydrogen-bond acceptors (Lipinski definition) is 3. The van der Waals surface area contributed by atoms with Crippen molar-refractivity contribution in [1.29, 1.82) is 0 Å². The molecule has 112 valence electrons. The van der Waals surface area contributed by atoms with Crippen LogP contribution in [0.5, 0.6) is 0 Å². The van der Waals surface area contributed by atoms with E-state index in [4.69, 9.17) is 9.84 Å². The first-order valence-electron chi connectivity index (χ1n) is 6.87. The highest BCUT2D eigenvalue weighted by atomic mass is 19.1. The summed E-state index contributed by atoms with van der Waals surface area (Å²) >= 11 is 0. The van der Waals surface area contributed by atoms with Crippen LogP contribution in [-0.2, 0) is 4.74 Å². The van der Waals surface area contributed by atoms with Gasteiger partial charge in [-0.15, -0.1) is 0 Å². The Morgan fingerprint density at radius 3 is 3.10 bits per heavy atom. The summed E-state index contributed by atoms with van der Waals surface area (Å²) in [7, 11) is 1.62. The van der Waals surface area contributed by atoms with E-state index in [1.807, 2.05) is 0 Å². The van der Waals surface area contributed by atoms with E-state index in [0.29, 0.717) is 18.7 Å². The molecule has 0 bridgehead atoms. The third-order valence-electron chi connectivity index (χ3n) is 3.51. The molecule has 0 spiro atoms. The minimum absolute atomic E-state index is 0.0169. The lowest BCUT2D eigenvalue weighted by Gasteiger charge is -2.32. The molecule has 1 aromatic carbocycles. The molecule has 1 atom stereocenters. The van der Waals surface area contributed by atoms with Crippen molar-refractivity contribution in [3.05, 3.63) is 35.1 Å². The van der Waals surface area contributed by atoms with E-state index in [9.17, 15) is 9.18 Å². The topological polar surface area (TPSA) is 49.8 Å². The number of piperidine rings is 1. The maximum atomic E-state index is 13.4. The molecule has 0 radical (unpaired) electrons. The Kier molecular flexibility index (Phi) is 5.32. The van der Waals surface area contributed by atoms with Crippen LogP contribution in [0.25, 0.3) is 0 Å². The normalized spacial score (nSPS) is 18.0.